The van der Waals surface area contributed by atoms with Crippen LogP contribution in [0.15, 0.2) is 24.7 Å². The van der Waals surface area contributed by atoms with Crippen molar-refractivity contribution in [1.82, 2.24) is 19.7 Å². The smallest absolute Gasteiger partial charge is 0.182 e. The largest absolute Gasteiger partial charge is 0.309 e. The molecule has 2 aromatic heterocycles. The Kier molecular flexibility index (Phi) is 1.95. The molecular weight excluding hydrogens is 212 g/mol. The van der Waals surface area contributed by atoms with Crippen LogP contribution in [0.5, 0.6) is 0 Å². The van der Waals surface area contributed by atoms with Crippen molar-refractivity contribution < 1.29 is 0 Å². The summed E-state index contributed by atoms with van der Waals surface area (Å²) in [6.07, 6.45) is 5.81. The maximum Gasteiger partial charge on any atom is 0.182 e. The molecule has 3 rings (SSSR count). The molecule has 2 heterocycles. The lowest BCUT2D eigenvalue weighted by molar-refractivity contribution is 0.744. The summed E-state index contributed by atoms with van der Waals surface area (Å²) >= 11 is 5.78. The van der Waals surface area contributed by atoms with E-state index in [0.717, 1.165) is 11.5 Å². The second-order valence-corrected chi connectivity index (χ2v) is 4.09. The molecule has 1 aliphatic carbocycles. The average molecular weight is 221 g/mol. The van der Waals surface area contributed by atoms with Crippen LogP contribution in [-0.4, -0.2) is 19.7 Å². The number of rotatable bonds is 2. The van der Waals surface area contributed by atoms with Gasteiger partial charge in [-0.3, -0.25) is 4.98 Å². The van der Waals surface area contributed by atoms with Gasteiger partial charge in [-0.05, 0) is 25.0 Å². The van der Waals surface area contributed by atoms with E-state index < -0.39 is 0 Å². The van der Waals surface area contributed by atoms with E-state index in [1.165, 1.54) is 12.8 Å². The fourth-order valence-electron chi connectivity index (χ4n) is 1.55. The van der Waals surface area contributed by atoms with E-state index in [4.69, 9.17) is 11.6 Å². The van der Waals surface area contributed by atoms with Crippen LogP contribution in [0.1, 0.15) is 18.9 Å². The van der Waals surface area contributed by atoms with E-state index in [-0.39, 0.29) is 0 Å². The molecule has 0 aliphatic heterocycles. The van der Waals surface area contributed by atoms with Gasteiger partial charge in [0.1, 0.15) is 12.0 Å². The van der Waals surface area contributed by atoms with Crippen LogP contribution < -0.4 is 0 Å². The lowest BCUT2D eigenvalue weighted by atomic mass is 10.3. The summed E-state index contributed by atoms with van der Waals surface area (Å²) in [5.41, 5.74) is 0.823. The van der Waals surface area contributed by atoms with Crippen molar-refractivity contribution in [2.24, 2.45) is 0 Å². The molecule has 5 heteroatoms. The van der Waals surface area contributed by atoms with Gasteiger partial charge in [0.15, 0.2) is 5.82 Å². The molecule has 1 aliphatic rings. The quantitative estimate of drug-likeness (QED) is 0.780. The molecule has 0 N–H and O–H groups in total. The van der Waals surface area contributed by atoms with Gasteiger partial charge < -0.3 is 4.57 Å². The highest BCUT2D eigenvalue weighted by molar-refractivity contribution is 6.30. The first-order valence-corrected chi connectivity index (χ1v) is 5.24. The summed E-state index contributed by atoms with van der Waals surface area (Å²) in [6, 6.07) is 4.24. The maximum atomic E-state index is 5.78. The van der Waals surface area contributed by atoms with Gasteiger partial charge in [-0.25, -0.2) is 0 Å². The van der Waals surface area contributed by atoms with Crippen molar-refractivity contribution in [1.29, 1.82) is 0 Å². The van der Waals surface area contributed by atoms with Gasteiger partial charge in [-0.15, -0.1) is 10.2 Å². The molecule has 76 valence electrons. The Labute approximate surface area is 91.9 Å². The number of pyridine rings is 1. The fourth-order valence-corrected chi connectivity index (χ4v) is 1.67. The van der Waals surface area contributed by atoms with Crippen molar-refractivity contribution >= 4 is 11.6 Å². The van der Waals surface area contributed by atoms with Gasteiger partial charge in [-0.2, -0.15) is 0 Å². The van der Waals surface area contributed by atoms with Gasteiger partial charge in [0.05, 0.1) is 5.02 Å². The van der Waals surface area contributed by atoms with Crippen molar-refractivity contribution in [3.63, 3.8) is 0 Å². The minimum atomic E-state index is 0.562. The predicted octanol–water partition coefficient (Wildman–Crippen LogP) is 2.33. The molecule has 0 amide bonds. The molecule has 0 spiro atoms. The zero-order valence-electron chi connectivity index (χ0n) is 7.97. The maximum absolute atomic E-state index is 5.78. The fraction of sp³-hybridized carbons (Fsp3) is 0.300. The van der Waals surface area contributed by atoms with Gasteiger partial charge in [0.25, 0.3) is 0 Å². The van der Waals surface area contributed by atoms with Gasteiger partial charge in [0, 0.05) is 12.2 Å². The second-order valence-electron chi connectivity index (χ2n) is 3.65. The zero-order chi connectivity index (χ0) is 10.3. The third-order valence-corrected chi connectivity index (χ3v) is 2.69. The normalized spacial score (nSPS) is 15.5. The molecule has 0 atom stereocenters. The zero-order valence-corrected chi connectivity index (χ0v) is 8.72. The molecular formula is C10H9ClN4. The van der Waals surface area contributed by atoms with Gasteiger partial charge in [0.2, 0.25) is 0 Å². The van der Waals surface area contributed by atoms with Crippen LogP contribution in [0.25, 0.3) is 11.5 Å². The third-order valence-electron chi connectivity index (χ3n) is 2.47. The number of hydrogen-bond acceptors (Lipinski definition) is 3. The molecule has 0 unspecified atom stereocenters. The summed E-state index contributed by atoms with van der Waals surface area (Å²) in [5.74, 6) is 0.828. The molecule has 15 heavy (non-hydrogen) atoms. The Morgan fingerprint density at radius 1 is 1.33 bits per heavy atom. The Morgan fingerprint density at radius 2 is 2.20 bits per heavy atom. The summed E-state index contributed by atoms with van der Waals surface area (Å²) in [5, 5.41) is 8.64. The SMILES string of the molecule is Clc1ccc(-c2nncn2C2CC2)nc1. The van der Waals surface area contributed by atoms with Crippen molar-refractivity contribution in [2.75, 3.05) is 0 Å². The number of hydrogen-bond donors (Lipinski definition) is 0. The van der Waals surface area contributed by atoms with Crippen molar-refractivity contribution in [3.05, 3.63) is 29.7 Å². The highest BCUT2D eigenvalue weighted by Crippen LogP contribution is 2.37. The van der Waals surface area contributed by atoms with Crippen LogP contribution in [-0.2, 0) is 0 Å². The summed E-state index contributed by atoms with van der Waals surface area (Å²) in [6.45, 7) is 0. The Balaban J connectivity index is 2.04. The Hall–Kier alpha value is -1.42. The Bertz CT molecular complexity index is 472. The minimum Gasteiger partial charge on any atom is -0.309 e. The van der Waals surface area contributed by atoms with E-state index in [0.29, 0.717) is 11.1 Å². The van der Waals surface area contributed by atoms with Crippen LogP contribution in [0.2, 0.25) is 5.02 Å². The van der Waals surface area contributed by atoms with Crippen molar-refractivity contribution in [2.45, 2.75) is 18.9 Å². The van der Waals surface area contributed by atoms with Crippen LogP contribution in [0.3, 0.4) is 0 Å². The monoisotopic (exact) mass is 220 g/mol. The summed E-state index contributed by atoms with van der Waals surface area (Å²) < 4.78 is 2.08. The molecule has 0 aromatic carbocycles. The molecule has 0 saturated heterocycles. The number of nitrogens with zero attached hydrogens (tertiary/aromatic N) is 4. The van der Waals surface area contributed by atoms with E-state index in [1.807, 2.05) is 12.1 Å². The predicted molar refractivity (Wildman–Crippen MR) is 56.5 cm³/mol. The van der Waals surface area contributed by atoms with Crippen LogP contribution >= 0.6 is 11.6 Å². The lowest BCUT2D eigenvalue weighted by Gasteiger charge is -2.03. The van der Waals surface area contributed by atoms with Crippen molar-refractivity contribution in [3.8, 4) is 11.5 Å². The standard InChI is InChI=1S/C10H9ClN4/c11-7-1-4-9(12-5-7)10-14-13-6-15(10)8-2-3-8/h1,4-6,8H,2-3H2. The second kappa shape index (κ2) is 3.31. The van der Waals surface area contributed by atoms with Gasteiger partial charge >= 0.3 is 0 Å². The van der Waals surface area contributed by atoms with Gasteiger partial charge in [-0.1, -0.05) is 11.6 Å². The topological polar surface area (TPSA) is 43.6 Å². The summed E-state index contributed by atoms with van der Waals surface area (Å²) in [7, 11) is 0. The first kappa shape index (κ1) is 8.85. The lowest BCUT2D eigenvalue weighted by Crippen LogP contribution is -1.97. The highest BCUT2D eigenvalue weighted by Gasteiger charge is 2.26. The van der Waals surface area contributed by atoms with Crippen LogP contribution in [0.4, 0.5) is 0 Å². The first-order chi connectivity index (χ1) is 7.34. The Morgan fingerprint density at radius 3 is 2.87 bits per heavy atom. The molecule has 1 fully saturated rings. The molecule has 4 nitrogen and oxygen atoms in total. The van der Waals surface area contributed by atoms with Crippen LogP contribution in [0, 0.1) is 0 Å². The number of halogens is 1. The molecule has 0 radical (unpaired) electrons. The number of aromatic nitrogens is 4. The van der Waals surface area contributed by atoms with E-state index in [9.17, 15) is 0 Å². The molecule has 0 bridgehead atoms. The highest BCUT2D eigenvalue weighted by atomic mass is 35.5. The molecule has 2 aromatic rings. The third kappa shape index (κ3) is 1.61. The van der Waals surface area contributed by atoms with E-state index in [2.05, 4.69) is 19.7 Å². The molecule has 1 saturated carbocycles. The van der Waals surface area contributed by atoms with E-state index in [1.54, 1.807) is 12.5 Å². The first-order valence-electron chi connectivity index (χ1n) is 4.86. The summed E-state index contributed by atoms with van der Waals surface area (Å²) in [4.78, 5) is 4.24. The minimum absolute atomic E-state index is 0.562. The average Bonchev–Trinajstić information content (AvgIpc) is 2.98. The van der Waals surface area contributed by atoms with E-state index >= 15 is 0 Å².